The second-order valence-electron chi connectivity index (χ2n) is 4.35. The number of hydrogen-bond acceptors (Lipinski definition) is 3. The van der Waals surface area contributed by atoms with Gasteiger partial charge in [0.25, 0.3) is 0 Å². The summed E-state index contributed by atoms with van der Waals surface area (Å²) in [6.07, 6.45) is 0.0805. The van der Waals surface area contributed by atoms with Crippen LogP contribution in [0.5, 0.6) is 0 Å². The summed E-state index contributed by atoms with van der Waals surface area (Å²) in [6, 6.07) is 9.58. The molecule has 0 aliphatic heterocycles. The zero-order valence-corrected chi connectivity index (χ0v) is 10.5. The number of carbonyl (C=O) groups is 2. The summed E-state index contributed by atoms with van der Waals surface area (Å²) in [5.41, 5.74) is 2.61. The van der Waals surface area contributed by atoms with Crippen molar-refractivity contribution in [2.75, 3.05) is 6.54 Å². The van der Waals surface area contributed by atoms with Gasteiger partial charge in [0.05, 0.1) is 17.6 Å². The predicted molar refractivity (Wildman–Crippen MR) is 70.8 cm³/mol. The number of hydrogen-bond donors (Lipinski definition) is 2. The molecule has 2 rings (SSSR count). The number of aliphatic carboxylic acids is 1. The third-order valence-corrected chi connectivity index (χ3v) is 2.68. The van der Waals surface area contributed by atoms with Gasteiger partial charge in [0.15, 0.2) is 0 Å². The van der Waals surface area contributed by atoms with Crippen LogP contribution in [-0.4, -0.2) is 28.5 Å². The van der Waals surface area contributed by atoms with Crippen molar-refractivity contribution in [1.29, 1.82) is 0 Å². The lowest BCUT2D eigenvalue weighted by Gasteiger charge is -2.04. The molecular weight excluding hydrogens is 244 g/mol. The molecule has 0 aliphatic rings. The number of carboxylic acid groups (broad SMARTS) is 1. The molecular formula is C14H14N2O3. The van der Waals surface area contributed by atoms with E-state index in [4.69, 9.17) is 5.11 Å². The van der Waals surface area contributed by atoms with E-state index in [-0.39, 0.29) is 18.9 Å². The van der Waals surface area contributed by atoms with E-state index >= 15 is 0 Å². The minimum atomic E-state index is -1.06. The molecule has 2 N–H and O–H groups in total. The Labute approximate surface area is 110 Å². The van der Waals surface area contributed by atoms with Gasteiger partial charge >= 0.3 is 5.97 Å². The van der Waals surface area contributed by atoms with E-state index in [1.54, 1.807) is 6.07 Å². The van der Waals surface area contributed by atoms with Crippen molar-refractivity contribution in [2.24, 2.45) is 0 Å². The zero-order valence-electron chi connectivity index (χ0n) is 10.5. The van der Waals surface area contributed by atoms with Crippen LogP contribution in [-0.2, 0) is 16.0 Å². The Kier molecular flexibility index (Phi) is 3.75. The van der Waals surface area contributed by atoms with Crippen molar-refractivity contribution < 1.29 is 14.7 Å². The topological polar surface area (TPSA) is 79.3 Å². The summed E-state index contributed by atoms with van der Waals surface area (Å²) in [7, 11) is 0. The summed E-state index contributed by atoms with van der Waals surface area (Å²) in [5, 5.41) is 11.8. The molecule has 1 amide bonds. The maximum absolute atomic E-state index is 11.5. The molecule has 0 saturated carbocycles. The lowest BCUT2D eigenvalue weighted by atomic mass is 10.1. The van der Waals surface area contributed by atoms with E-state index in [9.17, 15) is 9.59 Å². The van der Waals surface area contributed by atoms with E-state index < -0.39 is 5.97 Å². The smallest absolute Gasteiger partial charge is 0.322 e. The van der Waals surface area contributed by atoms with Gasteiger partial charge in [-0.2, -0.15) is 0 Å². The molecule has 1 heterocycles. The highest BCUT2D eigenvalue weighted by Gasteiger charge is 2.07. The number of amides is 1. The third kappa shape index (κ3) is 3.51. The van der Waals surface area contributed by atoms with Crippen LogP contribution in [0.15, 0.2) is 30.3 Å². The minimum absolute atomic E-state index is 0.0805. The van der Waals surface area contributed by atoms with Gasteiger partial charge in [-0.1, -0.05) is 17.7 Å². The Morgan fingerprint density at radius 3 is 2.79 bits per heavy atom. The van der Waals surface area contributed by atoms with Crippen molar-refractivity contribution in [1.82, 2.24) is 10.3 Å². The van der Waals surface area contributed by atoms with Gasteiger partial charge in [0, 0.05) is 5.39 Å². The van der Waals surface area contributed by atoms with Crippen LogP contribution in [0, 0.1) is 6.92 Å². The van der Waals surface area contributed by atoms with E-state index in [1.165, 1.54) is 0 Å². The summed E-state index contributed by atoms with van der Waals surface area (Å²) in [5.74, 6) is -1.41. The Morgan fingerprint density at radius 1 is 1.26 bits per heavy atom. The molecule has 0 radical (unpaired) electrons. The Balaban J connectivity index is 2.11. The highest BCUT2D eigenvalue weighted by atomic mass is 16.4. The molecule has 0 atom stereocenters. The molecule has 5 heteroatoms. The summed E-state index contributed by atoms with van der Waals surface area (Å²) < 4.78 is 0. The van der Waals surface area contributed by atoms with Crippen LogP contribution in [0.25, 0.3) is 10.9 Å². The fraction of sp³-hybridized carbons (Fsp3) is 0.214. The number of benzene rings is 1. The van der Waals surface area contributed by atoms with Crippen LogP contribution in [0.4, 0.5) is 0 Å². The predicted octanol–water partition coefficient (Wildman–Crippen LogP) is 1.29. The molecule has 0 aliphatic carbocycles. The quantitative estimate of drug-likeness (QED) is 0.866. The van der Waals surface area contributed by atoms with Gasteiger partial charge in [-0.3, -0.25) is 14.6 Å². The first-order chi connectivity index (χ1) is 9.04. The van der Waals surface area contributed by atoms with Gasteiger partial charge in [0.2, 0.25) is 5.91 Å². The van der Waals surface area contributed by atoms with Crippen molar-refractivity contribution >= 4 is 22.8 Å². The molecule has 1 aromatic carbocycles. The van der Waals surface area contributed by atoms with Crippen LogP contribution in [0.2, 0.25) is 0 Å². The number of fused-ring (bicyclic) bond motifs is 1. The van der Waals surface area contributed by atoms with E-state index in [0.717, 1.165) is 16.5 Å². The molecule has 19 heavy (non-hydrogen) atoms. The van der Waals surface area contributed by atoms with E-state index in [2.05, 4.69) is 10.3 Å². The Morgan fingerprint density at radius 2 is 2.05 bits per heavy atom. The standard InChI is InChI=1S/C14H14N2O3/c1-9-2-5-12-10(6-9)3-4-11(16-12)7-13(17)15-8-14(18)19/h2-6H,7-8H2,1H3,(H,15,17)(H,18,19). The summed E-state index contributed by atoms with van der Waals surface area (Å²) in [6.45, 7) is 1.64. The fourth-order valence-corrected chi connectivity index (χ4v) is 1.79. The number of aromatic nitrogens is 1. The van der Waals surface area contributed by atoms with Gasteiger partial charge in [-0.05, 0) is 25.1 Å². The Bertz CT molecular complexity index is 638. The van der Waals surface area contributed by atoms with Gasteiger partial charge in [-0.15, -0.1) is 0 Å². The number of carboxylic acids is 1. The number of aryl methyl sites for hydroxylation is 1. The van der Waals surface area contributed by atoms with Gasteiger partial charge in [0.1, 0.15) is 6.54 Å². The lowest BCUT2D eigenvalue weighted by molar-refractivity contribution is -0.137. The number of nitrogens with zero attached hydrogens (tertiary/aromatic N) is 1. The summed E-state index contributed by atoms with van der Waals surface area (Å²) >= 11 is 0. The molecule has 0 fully saturated rings. The monoisotopic (exact) mass is 258 g/mol. The van der Waals surface area contributed by atoms with Crippen LogP contribution in [0.1, 0.15) is 11.3 Å². The molecule has 5 nitrogen and oxygen atoms in total. The third-order valence-electron chi connectivity index (χ3n) is 2.68. The fourth-order valence-electron chi connectivity index (χ4n) is 1.79. The SMILES string of the molecule is Cc1ccc2nc(CC(=O)NCC(=O)O)ccc2c1. The first kappa shape index (κ1) is 13.0. The van der Waals surface area contributed by atoms with Gasteiger partial charge in [-0.25, -0.2) is 0 Å². The molecule has 0 spiro atoms. The van der Waals surface area contributed by atoms with Gasteiger partial charge < -0.3 is 10.4 Å². The van der Waals surface area contributed by atoms with Crippen LogP contribution >= 0.6 is 0 Å². The lowest BCUT2D eigenvalue weighted by Crippen LogP contribution is -2.30. The van der Waals surface area contributed by atoms with Crippen molar-refractivity contribution in [3.8, 4) is 0 Å². The normalized spacial score (nSPS) is 10.4. The van der Waals surface area contributed by atoms with Crippen molar-refractivity contribution in [2.45, 2.75) is 13.3 Å². The average molecular weight is 258 g/mol. The maximum Gasteiger partial charge on any atom is 0.322 e. The largest absolute Gasteiger partial charge is 0.480 e. The molecule has 0 saturated heterocycles. The highest BCUT2D eigenvalue weighted by molar-refractivity contribution is 5.84. The number of nitrogens with one attached hydrogen (secondary N) is 1. The molecule has 0 bridgehead atoms. The van der Waals surface area contributed by atoms with E-state index in [1.807, 2.05) is 31.2 Å². The number of rotatable bonds is 4. The average Bonchev–Trinajstić information content (AvgIpc) is 2.36. The summed E-state index contributed by atoms with van der Waals surface area (Å²) in [4.78, 5) is 26.2. The molecule has 0 unspecified atom stereocenters. The molecule has 2 aromatic rings. The Hall–Kier alpha value is -2.43. The number of carbonyl (C=O) groups excluding carboxylic acids is 1. The second kappa shape index (κ2) is 5.48. The first-order valence-electron chi connectivity index (χ1n) is 5.89. The minimum Gasteiger partial charge on any atom is -0.480 e. The maximum atomic E-state index is 11.5. The van der Waals surface area contributed by atoms with Crippen molar-refractivity contribution in [3.05, 3.63) is 41.6 Å². The van der Waals surface area contributed by atoms with Crippen molar-refractivity contribution in [3.63, 3.8) is 0 Å². The van der Waals surface area contributed by atoms with E-state index in [0.29, 0.717) is 5.69 Å². The number of pyridine rings is 1. The zero-order chi connectivity index (χ0) is 13.8. The highest BCUT2D eigenvalue weighted by Crippen LogP contribution is 2.14. The molecule has 1 aromatic heterocycles. The second-order valence-corrected chi connectivity index (χ2v) is 4.35. The first-order valence-corrected chi connectivity index (χ1v) is 5.89. The van der Waals surface area contributed by atoms with Crippen LogP contribution < -0.4 is 5.32 Å². The molecule has 98 valence electrons. The van der Waals surface area contributed by atoms with Crippen LogP contribution in [0.3, 0.4) is 0 Å².